The second kappa shape index (κ2) is 39.9. The van der Waals surface area contributed by atoms with E-state index in [1.165, 1.54) is 94.4 Å². The van der Waals surface area contributed by atoms with Crippen LogP contribution in [0.5, 0.6) is 0 Å². The first-order valence-corrected chi connectivity index (χ1v) is 30.3. The van der Waals surface area contributed by atoms with Gasteiger partial charge in [-0.3, -0.25) is 0 Å². The van der Waals surface area contributed by atoms with Crippen molar-refractivity contribution in [3.63, 3.8) is 0 Å². The van der Waals surface area contributed by atoms with Crippen molar-refractivity contribution in [3.8, 4) is 73.7 Å². The number of H-pyrrole nitrogens is 1. The number of aromatic amines is 1. The van der Waals surface area contributed by atoms with Gasteiger partial charge in [0.1, 0.15) is 31.7 Å². The maximum Gasteiger partial charge on any atom is 2.00 e. The summed E-state index contributed by atoms with van der Waals surface area (Å²) in [4.78, 5) is 25.5. The first kappa shape index (κ1) is 92.1. The number of pyridine rings is 6. The van der Waals surface area contributed by atoms with Crippen molar-refractivity contribution < 1.29 is 121 Å². The Balaban J connectivity index is 0.000000440. The van der Waals surface area contributed by atoms with Gasteiger partial charge in [0.2, 0.25) is 54.6 Å². The molecule has 5 aliphatic heterocycles. The van der Waals surface area contributed by atoms with Crippen LogP contribution >= 0.6 is 0 Å². The summed E-state index contributed by atoms with van der Waals surface area (Å²) < 4.78 is 19.9. The molecule has 21 rings (SSSR count). The number of nitrogens with one attached hydrogen (secondary N) is 1. The van der Waals surface area contributed by atoms with E-state index in [9.17, 15) is 0 Å². The van der Waals surface area contributed by atoms with Gasteiger partial charge in [-0.2, -0.15) is 4.40 Å². The summed E-state index contributed by atoms with van der Waals surface area (Å²) >= 11 is 0. The Bertz CT molecular complexity index is 5300. The molecule has 16 heterocycles. The number of imidazole rings is 2. The number of benzene rings is 5. The van der Waals surface area contributed by atoms with Crippen LogP contribution in [0.25, 0.3) is 101 Å². The number of hydrogen-bond donors (Lipinski definition) is 1. The molecule has 0 atom stereocenters. The van der Waals surface area contributed by atoms with Crippen molar-refractivity contribution in [2.45, 2.75) is 32.7 Å². The molecule has 16 aromatic rings. The number of nitrogens with zero attached hydrogens (tertiary/aromatic N) is 14. The molecule has 11 aromatic heterocycles. The average molecular weight is 1650 g/mol. The van der Waals surface area contributed by atoms with E-state index in [0.29, 0.717) is 0 Å². The fourth-order valence-corrected chi connectivity index (χ4v) is 13.4. The monoisotopic (exact) mass is 1640 g/mol. The predicted molar refractivity (Wildman–Crippen MR) is 407 cm³/mol. The fraction of sp³-hybridized carbons (Fsp3) is 0.0588. The molecule has 0 saturated carbocycles. The Hall–Kier alpha value is -8.98. The quantitative estimate of drug-likeness (QED) is 0.0815. The maximum atomic E-state index is 4.68. The normalized spacial score (nSPS) is 10.7. The topological polar surface area (TPSA) is 119 Å². The summed E-state index contributed by atoms with van der Waals surface area (Å²) in [5.41, 5.74) is 19.7. The van der Waals surface area contributed by atoms with Gasteiger partial charge in [-0.25, -0.2) is 39.0 Å². The van der Waals surface area contributed by atoms with Gasteiger partial charge in [0, 0.05) is 64.7 Å². The van der Waals surface area contributed by atoms with E-state index in [0.717, 1.165) is 67.3 Å². The Morgan fingerprint density at radius 1 is 0.362 bits per heavy atom. The van der Waals surface area contributed by atoms with Crippen molar-refractivity contribution in [1.29, 1.82) is 0 Å². The molecular weight excluding hydrogens is 1560 g/mol. The Morgan fingerprint density at radius 3 is 1.50 bits per heavy atom. The average Bonchev–Trinajstić information content (AvgIpc) is 1.55. The molecule has 0 amide bonds. The molecule has 0 radical (unpaired) electrons. The summed E-state index contributed by atoms with van der Waals surface area (Å²) in [6, 6.07) is 71.5. The van der Waals surface area contributed by atoms with Gasteiger partial charge in [-0.05, 0) is 77.9 Å². The van der Waals surface area contributed by atoms with Crippen LogP contribution in [0.2, 0.25) is 0 Å². The second-order valence-electron chi connectivity index (χ2n) is 22.8. The van der Waals surface area contributed by atoms with E-state index in [-0.39, 0.29) is 172 Å². The summed E-state index contributed by atoms with van der Waals surface area (Å²) in [6.07, 6.45) is 26.1. The third-order valence-electron chi connectivity index (χ3n) is 17.4. The van der Waals surface area contributed by atoms with E-state index >= 15 is 0 Å². The first-order valence-electron chi connectivity index (χ1n) is 30.3. The molecule has 20 heteroatoms. The Morgan fingerprint density at radius 2 is 0.867 bits per heavy atom. The van der Waals surface area contributed by atoms with Gasteiger partial charge in [-0.15, -0.1) is 23.4 Å². The predicted octanol–water partition coefficient (Wildman–Crippen LogP) is 15.7. The smallest absolute Gasteiger partial charge is 0.358 e. The van der Waals surface area contributed by atoms with E-state index in [1.807, 2.05) is 92.0 Å². The van der Waals surface area contributed by atoms with Gasteiger partial charge in [-0.1, -0.05) is 138 Å². The Kier molecular flexibility index (Phi) is 35.0. The summed E-state index contributed by atoms with van der Waals surface area (Å²) in [5.74, 6) is 4.24. The second-order valence-corrected chi connectivity index (χ2v) is 22.8. The van der Waals surface area contributed by atoms with Crippen molar-refractivity contribution in [1.82, 2.24) is 48.3 Å². The van der Waals surface area contributed by atoms with Gasteiger partial charge in [0.15, 0.2) is 17.6 Å². The third-order valence-corrected chi connectivity index (χ3v) is 17.4. The van der Waals surface area contributed by atoms with E-state index < -0.39 is 0 Å². The molecule has 0 fully saturated rings. The zero-order chi connectivity index (χ0) is 59.5. The van der Waals surface area contributed by atoms with Crippen LogP contribution in [-0.2, 0) is 130 Å². The van der Waals surface area contributed by atoms with Crippen molar-refractivity contribution in [2.75, 3.05) is 0 Å². The number of hydrogen-bond acceptors (Lipinski definition) is 5. The number of rotatable bonds is 4. The van der Waals surface area contributed by atoms with E-state index in [4.69, 9.17) is 0 Å². The van der Waals surface area contributed by atoms with Crippen LogP contribution in [0.15, 0.2) is 287 Å². The maximum absolute atomic E-state index is 4.68. The fourth-order valence-electron chi connectivity index (χ4n) is 13.4. The van der Waals surface area contributed by atoms with Gasteiger partial charge in [0.05, 0.1) is 57.2 Å². The van der Waals surface area contributed by atoms with E-state index in [2.05, 4.69) is 266 Å². The molecule has 508 valence electrons. The molecular formula is C85H88N15Zn5+5. The van der Waals surface area contributed by atoms with E-state index in [1.54, 1.807) is 0 Å². The standard InChI is InChI=1S/C21H14N3.C21H16N3.C15H12N3.C9H8N3.C9H7N3.10CH3.5Zn/c1-2-6-14(7-3-1)18-13-24-20-17(10-5-11-22-20)16-9-4-8-15-12-23(18)21(24)19(15)16;1-3-8-16(9-4-1)19-15-24-21-18(12-7-13-22-21)14-23(24)20(19)17-10-5-2-6-11-17;1-2-5-12(6-3-1)14-10-17-9-13-7-4-8-16-15(13)18(17)11-14;1-3-8-7-11-5-2-6-12(11)9(8)10-4-1;1-2-7-6-12-5-4-11-9(12)8(7)10-3-1;;;;;;;;;;;;;;;/h1-11,13H,12H2;1-13,15H,14H2;1-8,10-11H,9H2;1-6H,7H2;1-5H,6H2;10*1H3;;;;;/q4*+1;;10*-1;5*+2/p+1. The van der Waals surface area contributed by atoms with Crippen LogP contribution in [0, 0.1) is 74.3 Å². The zero-order valence-electron chi connectivity index (χ0n) is 62.5. The van der Waals surface area contributed by atoms with Crippen LogP contribution < -0.4 is 23.2 Å². The van der Waals surface area contributed by atoms with Crippen molar-refractivity contribution in [2.24, 2.45) is 0 Å². The third kappa shape index (κ3) is 17.0. The molecule has 0 bridgehead atoms. The largest absolute Gasteiger partial charge is 2.00 e. The first-order chi connectivity index (χ1) is 44.6. The number of aromatic nitrogens is 15. The van der Waals surface area contributed by atoms with Crippen LogP contribution in [0.3, 0.4) is 0 Å². The summed E-state index contributed by atoms with van der Waals surface area (Å²) in [5, 5.41) is 3.87. The molecule has 15 nitrogen and oxygen atoms in total. The summed E-state index contributed by atoms with van der Waals surface area (Å²) in [6.45, 7) is 4.55. The van der Waals surface area contributed by atoms with Crippen LogP contribution in [0.1, 0.15) is 27.8 Å². The zero-order valence-corrected chi connectivity index (χ0v) is 77.3. The minimum atomic E-state index is 0. The molecule has 0 aliphatic carbocycles. The minimum absolute atomic E-state index is 0. The van der Waals surface area contributed by atoms with Gasteiger partial charge in [0.25, 0.3) is 5.65 Å². The van der Waals surface area contributed by atoms with Gasteiger partial charge >= 0.3 is 103 Å². The SMILES string of the molecule is [CH3-].[CH3-].[CH3-].[CH3-].[CH3-].[CH3-].[CH3-].[CH3-].[CH3-].[CH3-].[Zn+2].[Zn+2].[Zn+2].[Zn+2].[Zn+2].c1ccc(-c2cn3[n+](c2)Cc2cccnc2-3)cc1.c1ccc(-c2cn3[n+](c2-c2ccccc2)Cc2cccnc2-3)cc1.c1ccc(-c2cn3c4ncccc4c4cccc5c4c3[n+]2C5)cc1.c1cnc2c(c1)C[n+]1cc[nH]c1-2.c1cnc2c(c1)C[n+]1cccn1-2. The molecule has 0 saturated heterocycles. The van der Waals surface area contributed by atoms with Crippen molar-refractivity contribution in [3.05, 3.63) is 389 Å². The molecule has 1 N–H and O–H groups in total. The molecule has 0 spiro atoms. The molecule has 0 unspecified atom stereocenters. The molecule has 5 aliphatic rings. The minimum Gasteiger partial charge on any atom is -0.358 e. The van der Waals surface area contributed by atoms with Crippen LogP contribution in [0.4, 0.5) is 0 Å². The van der Waals surface area contributed by atoms with Gasteiger partial charge < -0.3 is 74.3 Å². The Labute approximate surface area is 685 Å². The van der Waals surface area contributed by atoms with Crippen LogP contribution in [-0.4, -0.2) is 48.3 Å². The van der Waals surface area contributed by atoms with Crippen molar-refractivity contribution >= 4 is 27.5 Å². The molecule has 105 heavy (non-hydrogen) atoms. The number of fused-ring (bicyclic) bond motifs is 15. The molecule has 5 aromatic carbocycles. The summed E-state index contributed by atoms with van der Waals surface area (Å²) in [7, 11) is 0.